The van der Waals surface area contributed by atoms with Gasteiger partial charge in [0.25, 0.3) is 0 Å². The third-order valence-electron chi connectivity index (χ3n) is 15.6. The maximum atomic E-state index is 16.0. The molecule has 18 nitrogen and oxygen atoms in total. The topological polar surface area (TPSA) is 226 Å². The molecule has 0 radical (unpaired) electrons. The zero-order valence-electron chi connectivity index (χ0n) is 44.1. The van der Waals surface area contributed by atoms with Crippen LogP contribution in [-0.2, 0) is 61.9 Å². The van der Waals surface area contributed by atoms with E-state index in [-0.39, 0.29) is 11.1 Å². The maximum absolute atomic E-state index is 16.0. The second kappa shape index (κ2) is 20.6. The molecule has 0 aromatic heterocycles. The molecule has 8 rings (SSSR count). The molecule has 3 aliphatic carbocycles. The van der Waals surface area contributed by atoms with Crippen LogP contribution in [0.1, 0.15) is 102 Å². The van der Waals surface area contributed by atoms with Gasteiger partial charge in [-0.2, -0.15) is 26.3 Å². The first kappa shape index (κ1) is 58.1. The van der Waals surface area contributed by atoms with Crippen molar-refractivity contribution in [2.24, 2.45) is 16.7 Å². The SMILES string of the molecule is COc1ccc(C2O[C@@H](C(=O)O[C@H]3C[C@@]4(O)C(OC(=O)c5ccccc5)C5[C@](C)(C(=O)[C@H](OC(=O)C(F)(F)F)C(=C3C)C4(C)C)[C@@H](OC(=O)C(F)(F)F)C[C@H]3OC[C@@]53OC(C)=O)[C@H](c3ccccc3)N2C(=O)OC(C)(C)C)cc1. The number of ether oxygens (including phenoxy) is 9. The van der Waals surface area contributed by atoms with Crippen molar-refractivity contribution in [3.05, 3.63) is 113 Å². The van der Waals surface area contributed by atoms with E-state index in [1.54, 1.807) is 75.4 Å². The van der Waals surface area contributed by atoms with Crippen molar-refractivity contribution in [3.8, 4) is 5.75 Å². The second-order valence-electron chi connectivity index (χ2n) is 21.8. The van der Waals surface area contributed by atoms with Gasteiger partial charge in [-0.1, -0.05) is 74.5 Å². The Bertz CT molecular complexity index is 2930. The van der Waals surface area contributed by atoms with Crippen LogP contribution in [0.15, 0.2) is 96.1 Å². The third kappa shape index (κ3) is 10.3. The minimum Gasteiger partial charge on any atom is -0.497 e. The Labute approximate surface area is 448 Å². The van der Waals surface area contributed by atoms with Crippen LogP contribution in [-0.4, -0.2) is 131 Å². The summed E-state index contributed by atoms with van der Waals surface area (Å²) in [5.41, 5.74) is -12.4. The van der Waals surface area contributed by atoms with E-state index in [9.17, 15) is 55.4 Å². The number of rotatable bonds is 10. The molecule has 2 heterocycles. The Morgan fingerprint density at radius 3 is 1.89 bits per heavy atom. The van der Waals surface area contributed by atoms with Crippen LogP contribution >= 0.6 is 0 Å². The second-order valence-corrected chi connectivity index (χ2v) is 21.8. The fraction of sp³-hybridized carbons (Fsp3) is 0.509. The van der Waals surface area contributed by atoms with Crippen LogP contribution in [0.25, 0.3) is 0 Å². The summed E-state index contributed by atoms with van der Waals surface area (Å²) >= 11 is 0. The number of alkyl halides is 6. The largest absolute Gasteiger partial charge is 0.497 e. The summed E-state index contributed by atoms with van der Waals surface area (Å²) in [6.45, 7) is 9.32. The molecule has 79 heavy (non-hydrogen) atoms. The van der Waals surface area contributed by atoms with Crippen molar-refractivity contribution < 1.29 is 108 Å². The maximum Gasteiger partial charge on any atom is 0.490 e. The number of fused-ring (bicyclic) bond motifs is 5. The van der Waals surface area contributed by atoms with E-state index < -0.39 is 162 Å². The van der Waals surface area contributed by atoms with Gasteiger partial charge in [0.15, 0.2) is 29.8 Å². The summed E-state index contributed by atoms with van der Waals surface area (Å²) in [6, 6.07) is 19.8. The molecule has 3 aromatic rings. The zero-order valence-corrected chi connectivity index (χ0v) is 44.1. The van der Waals surface area contributed by atoms with Crippen molar-refractivity contribution in [2.75, 3.05) is 13.7 Å². The molecule has 2 aliphatic heterocycles. The van der Waals surface area contributed by atoms with Gasteiger partial charge in [-0.25, -0.2) is 24.0 Å². The molecule has 2 saturated heterocycles. The molecule has 2 bridgehead atoms. The lowest BCUT2D eigenvalue weighted by molar-refractivity contribution is -0.348. The number of halogens is 6. The number of nitrogens with zero attached hydrogens (tertiary/aromatic N) is 1. The highest BCUT2D eigenvalue weighted by Crippen LogP contribution is 2.65. The van der Waals surface area contributed by atoms with Crippen molar-refractivity contribution in [1.29, 1.82) is 0 Å². The Kier molecular flexibility index (Phi) is 15.1. The fourth-order valence-corrected chi connectivity index (χ4v) is 11.9. The first-order valence-corrected chi connectivity index (χ1v) is 24.9. The number of methoxy groups -OCH3 is 1. The van der Waals surface area contributed by atoms with Gasteiger partial charge < -0.3 is 47.7 Å². The fourth-order valence-electron chi connectivity index (χ4n) is 11.9. The van der Waals surface area contributed by atoms with E-state index >= 15 is 9.59 Å². The molecule has 1 amide bonds. The van der Waals surface area contributed by atoms with Crippen molar-refractivity contribution in [2.45, 2.75) is 146 Å². The lowest BCUT2D eigenvalue weighted by Gasteiger charge is -2.67. The summed E-state index contributed by atoms with van der Waals surface area (Å²) in [4.78, 5) is 101. The molecule has 1 N–H and O–H groups in total. The predicted octanol–water partition coefficient (Wildman–Crippen LogP) is 7.94. The molecule has 0 spiro atoms. The Morgan fingerprint density at radius 1 is 0.772 bits per heavy atom. The number of amides is 1. The number of ketones is 1. The lowest BCUT2D eigenvalue weighted by atomic mass is 9.44. The number of Topliss-reactive ketones (excluding diaryl/α,β-unsaturated/α-hetero) is 1. The van der Waals surface area contributed by atoms with E-state index in [0.717, 1.165) is 25.7 Å². The van der Waals surface area contributed by atoms with E-state index in [0.29, 0.717) is 16.9 Å². The first-order chi connectivity index (χ1) is 36.7. The van der Waals surface area contributed by atoms with Crippen LogP contribution in [0, 0.1) is 16.7 Å². The highest BCUT2D eigenvalue weighted by Gasteiger charge is 2.79. The van der Waals surface area contributed by atoms with E-state index in [1.807, 2.05) is 0 Å². The molecule has 4 fully saturated rings. The van der Waals surface area contributed by atoms with Crippen LogP contribution < -0.4 is 4.74 Å². The number of esters is 5. The molecular weight excluding hydrogens is 1060 g/mol. The third-order valence-corrected chi connectivity index (χ3v) is 15.6. The summed E-state index contributed by atoms with van der Waals surface area (Å²) < 4.78 is 139. The highest BCUT2D eigenvalue weighted by molar-refractivity contribution is 5.96. The van der Waals surface area contributed by atoms with Gasteiger partial charge in [0.2, 0.25) is 0 Å². The number of carbonyl (C=O) groups is 7. The van der Waals surface area contributed by atoms with Gasteiger partial charge in [0.05, 0.1) is 30.6 Å². The van der Waals surface area contributed by atoms with Gasteiger partial charge in [-0.15, -0.1) is 0 Å². The van der Waals surface area contributed by atoms with E-state index in [1.165, 1.54) is 51.3 Å². The molecule has 3 unspecified atom stereocenters. The smallest absolute Gasteiger partial charge is 0.490 e. The molecule has 12 atom stereocenters. The van der Waals surface area contributed by atoms with Crippen LogP contribution in [0.4, 0.5) is 31.1 Å². The molecule has 426 valence electrons. The Balaban J connectivity index is 1.36. The summed E-state index contributed by atoms with van der Waals surface area (Å²) in [5.74, 6) is -13.2. The van der Waals surface area contributed by atoms with Crippen LogP contribution in [0.5, 0.6) is 5.75 Å². The van der Waals surface area contributed by atoms with Crippen LogP contribution in [0.3, 0.4) is 0 Å². The average Bonchev–Trinajstić information content (AvgIpc) is 2.15. The van der Waals surface area contributed by atoms with Gasteiger partial charge in [0.1, 0.15) is 47.4 Å². The zero-order chi connectivity index (χ0) is 58.2. The first-order valence-electron chi connectivity index (χ1n) is 24.9. The van der Waals surface area contributed by atoms with E-state index in [4.69, 9.17) is 42.6 Å². The number of hydrogen-bond acceptors (Lipinski definition) is 17. The van der Waals surface area contributed by atoms with Crippen molar-refractivity contribution in [1.82, 2.24) is 4.90 Å². The normalized spacial score (nSPS) is 31.2. The Morgan fingerprint density at radius 2 is 1.35 bits per heavy atom. The van der Waals surface area contributed by atoms with Crippen molar-refractivity contribution in [3.63, 3.8) is 0 Å². The van der Waals surface area contributed by atoms with Gasteiger partial charge >= 0.3 is 48.3 Å². The predicted molar refractivity (Wildman–Crippen MR) is 257 cm³/mol. The molecular formula is C55H57F6NO17. The number of hydrogen-bond donors (Lipinski definition) is 1. The molecule has 3 aromatic carbocycles. The monoisotopic (exact) mass is 1120 g/mol. The van der Waals surface area contributed by atoms with Crippen LogP contribution in [0.2, 0.25) is 0 Å². The number of aliphatic hydroxyl groups is 1. The molecule has 5 aliphatic rings. The highest BCUT2D eigenvalue weighted by atomic mass is 19.4. The lowest BCUT2D eigenvalue weighted by Crippen LogP contribution is -2.82. The number of carbonyl (C=O) groups excluding carboxylic acids is 7. The molecule has 2 saturated carbocycles. The van der Waals surface area contributed by atoms with E-state index in [2.05, 4.69) is 0 Å². The quantitative estimate of drug-likeness (QED) is 0.0880. The van der Waals surface area contributed by atoms with Gasteiger partial charge in [0, 0.05) is 30.7 Å². The van der Waals surface area contributed by atoms with Gasteiger partial charge in [-0.3, -0.25) is 14.5 Å². The minimum atomic E-state index is -5.88. The Hall–Kier alpha value is -7.05. The molecule has 24 heteroatoms. The standard InChI is InChI=1S/C55H57F6NO17/c1-27-33(73-45(66)39-37(29-16-12-10-13-17-29)62(48(69)79-49(3,4)5)43(75-39)30-20-22-32(71-9)23-21-30)25-53(70)42(77-44(65)31-18-14-11-15-19-31)40-51(8,41(64)38(36(27)50(53,6)7)76-47(68)55(59,60)61)34(74-46(67)54(56,57)58)24-35-52(40,26-72-35)78-28(2)63/h10-23,33-35,37-40,42-43,70H,24-26H2,1-9H3/t33-,34-,35+,37-,38+,39+,40?,42?,43?,51+,52-,53+/m0/s1. The summed E-state index contributed by atoms with van der Waals surface area (Å²) in [7, 11) is 1.42. The summed E-state index contributed by atoms with van der Waals surface area (Å²) in [5, 5.41) is 14.0. The van der Waals surface area contributed by atoms with Gasteiger partial charge in [-0.05, 0) is 75.6 Å². The average molecular weight is 1120 g/mol. The number of benzene rings is 3. The van der Waals surface area contributed by atoms with Crippen molar-refractivity contribution >= 4 is 41.7 Å². The minimum absolute atomic E-state index is 0.216. The summed E-state index contributed by atoms with van der Waals surface area (Å²) in [6.07, 6.45) is -29.0.